The van der Waals surface area contributed by atoms with Gasteiger partial charge in [0.15, 0.2) is 5.76 Å². The minimum atomic E-state index is -0.0595. The number of hydrogen-bond donors (Lipinski definition) is 0. The minimum Gasteiger partial charge on any atom is -0.459 e. The topological polar surface area (TPSA) is 75.6 Å². The van der Waals surface area contributed by atoms with E-state index in [2.05, 4.69) is 39.4 Å². The molecule has 0 N–H and O–H groups in total. The zero-order chi connectivity index (χ0) is 19.1. The number of carbonyl (C=O) groups excluding carboxylic acids is 1. The Morgan fingerprint density at radius 1 is 1.14 bits per heavy atom. The third kappa shape index (κ3) is 2.92. The maximum Gasteiger partial charge on any atom is 0.289 e. The molecule has 7 nitrogen and oxygen atoms in total. The molecule has 0 saturated carbocycles. The van der Waals surface area contributed by atoms with Crippen molar-refractivity contribution in [3.8, 4) is 0 Å². The molecular weight excluding hydrogens is 356 g/mol. The van der Waals surface area contributed by atoms with Gasteiger partial charge in [0.25, 0.3) is 5.91 Å². The van der Waals surface area contributed by atoms with Crippen LogP contribution in [0.1, 0.15) is 33.8 Å². The van der Waals surface area contributed by atoms with E-state index in [1.807, 2.05) is 17.9 Å². The number of aromatic nitrogens is 2. The first kappa shape index (κ1) is 17.2. The standard InChI is InChI=1S/C21H22N4O3/c1-15-22-23-19(28-15)17-11-24(10-16-6-3-2-4-7-16)12-21(17)13-25(14-21)20(26)18-8-5-9-27-18/h2-9,17H,10-14H2,1H3. The molecular formula is C21H22N4O3. The van der Waals surface area contributed by atoms with Gasteiger partial charge in [-0.15, -0.1) is 10.2 Å². The Morgan fingerprint density at radius 3 is 2.64 bits per heavy atom. The van der Waals surface area contributed by atoms with E-state index in [4.69, 9.17) is 8.83 Å². The fourth-order valence-corrected chi connectivity index (χ4v) is 4.56. The average molecular weight is 378 g/mol. The Morgan fingerprint density at radius 2 is 1.96 bits per heavy atom. The SMILES string of the molecule is Cc1nnc(C2CN(Cc3ccccc3)CC23CN(C(=O)c2ccco2)C3)o1. The molecule has 4 heterocycles. The summed E-state index contributed by atoms with van der Waals surface area (Å²) in [6, 6.07) is 13.9. The molecule has 3 aromatic rings. The van der Waals surface area contributed by atoms with Gasteiger partial charge in [0.2, 0.25) is 11.8 Å². The summed E-state index contributed by atoms with van der Waals surface area (Å²) in [4.78, 5) is 16.9. The Balaban J connectivity index is 1.36. The van der Waals surface area contributed by atoms with Crippen LogP contribution in [0.3, 0.4) is 0 Å². The normalized spacial score (nSPS) is 21.2. The van der Waals surface area contributed by atoms with Crippen molar-refractivity contribution in [2.45, 2.75) is 19.4 Å². The van der Waals surface area contributed by atoms with Crippen molar-refractivity contribution in [2.75, 3.05) is 26.2 Å². The summed E-state index contributed by atoms with van der Waals surface area (Å²) in [6.07, 6.45) is 1.53. The van der Waals surface area contributed by atoms with Crippen LogP contribution >= 0.6 is 0 Å². The van der Waals surface area contributed by atoms with Gasteiger partial charge in [-0.05, 0) is 17.7 Å². The molecule has 7 heteroatoms. The predicted molar refractivity (Wildman–Crippen MR) is 101 cm³/mol. The highest BCUT2D eigenvalue weighted by Crippen LogP contribution is 2.49. The summed E-state index contributed by atoms with van der Waals surface area (Å²) in [5.41, 5.74) is 1.22. The summed E-state index contributed by atoms with van der Waals surface area (Å²) in [5, 5.41) is 8.33. The molecule has 0 radical (unpaired) electrons. The lowest BCUT2D eigenvalue weighted by molar-refractivity contribution is -0.00275. The first-order valence-corrected chi connectivity index (χ1v) is 9.52. The fraction of sp³-hybridized carbons (Fsp3) is 0.381. The maximum atomic E-state index is 12.6. The van der Waals surface area contributed by atoms with Gasteiger partial charge in [0, 0.05) is 45.1 Å². The quantitative estimate of drug-likeness (QED) is 0.695. The summed E-state index contributed by atoms with van der Waals surface area (Å²) >= 11 is 0. The van der Waals surface area contributed by atoms with Gasteiger partial charge in [0.05, 0.1) is 12.2 Å². The largest absolute Gasteiger partial charge is 0.459 e. The fourth-order valence-electron chi connectivity index (χ4n) is 4.56. The highest BCUT2D eigenvalue weighted by Gasteiger charge is 2.57. The first-order chi connectivity index (χ1) is 13.6. The highest BCUT2D eigenvalue weighted by atomic mass is 16.4. The van der Waals surface area contributed by atoms with Gasteiger partial charge in [-0.3, -0.25) is 9.69 Å². The smallest absolute Gasteiger partial charge is 0.289 e. The lowest BCUT2D eigenvalue weighted by atomic mass is 9.71. The third-order valence-electron chi connectivity index (χ3n) is 5.84. The monoisotopic (exact) mass is 378 g/mol. The lowest BCUT2D eigenvalue weighted by Crippen LogP contribution is -2.61. The number of rotatable bonds is 4. The molecule has 144 valence electrons. The molecule has 1 spiro atoms. The van der Waals surface area contributed by atoms with Crippen LogP contribution in [0.5, 0.6) is 0 Å². The number of nitrogens with zero attached hydrogens (tertiary/aromatic N) is 4. The molecule has 2 aromatic heterocycles. The second kappa shape index (κ2) is 6.60. The van der Waals surface area contributed by atoms with Gasteiger partial charge >= 0.3 is 0 Å². The number of furan rings is 1. The molecule has 0 bridgehead atoms. The zero-order valence-corrected chi connectivity index (χ0v) is 15.7. The molecule has 5 rings (SSSR count). The molecule has 1 aromatic carbocycles. The van der Waals surface area contributed by atoms with Crippen LogP contribution in [-0.2, 0) is 6.54 Å². The summed E-state index contributed by atoms with van der Waals surface area (Å²) in [5.74, 6) is 1.71. The van der Waals surface area contributed by atoms with E-state index in [0.29, 0.717) is 30.6 Å². The van der Waals surface area contributed by atoms with Crippen molar-refractivity contribution >= 4 is 5.91 Å². The van der Waals surface area contributed by atoms with Gasteiger partial charge in [-0.25, -0.2) is 0 Å². The second-order valence-corrected chi connectivity index (χ2v) is 7.87. The van der Waals surface area contributed by atoms with Crippen molar-refractivity contribution in [2.24, 2.45) is 5.41 Å². The van der Waals surface area contributed by atoms with Crippen LogP contribution in [0, 0.1) is 12.3 Å². The number of likely N-dealkylation sites (tertiary alicyclic amines) is 2. The maximum absolute atomic E-state index is 12.6. The molecule has 28 heavy (non-hydrogen) atoms. The molecule has 1 amide bonds. The Kier molecular flexibility index (Phi) is 4.05. The number of amides is 1. The van der Waals surface area contributed by atoms with E-state index in [1.165, 1.54) is 11.8 Å². The van der Waals surface area contributed by atoms with Crippen LogP contribution in [0.25, 0.3) is 0 Å². The number of benzene rings is 1. The average Bonchev–Trinajstić information content (AvgIpc) is 3.40. The van der Waals surface area contributed by atoms with Crippen molar-refractivity contribution in [1.82, 2.24) is 20.0 Å². The third-order valence-corrected chi connectivity index (χ3v) is 5.84. The number of hydrogen-bond acceptors (Lipinski definition) is 6. The summed E-state index contributed by atoms with van der Waals surface area (Å²) in [7, 11) is 0. The Bertz CT molecular complexity index is 961. The molecule has 2 aliphatic rings. The molecule has 1 atom stereocenters. The van der Waals surface area contributed by atoms with Crippen molar-refractivity contribution in [1.29, 1.82) is 0 Å². The van der Waals surface area contributed by atoms with E-state index in [0.717, 1.165) is 19.6 Å². The van der Waals surface area contributed by atoms with Crippen LogP contribution in [0.2, 0.25) is 0 Å². The van der Waals surface area contributed by atoms with E-state index >= 15 is 0 Å². The van der Waals surface area contributed by atoms with Crippen molar-refractivity contribution < 1.29 is 13.6 Å². The first-order valence-electron chi connectivity index (χ1n) is 9.52. The number of aryl methyl sites for hydroxylation is 1. The summed E-state index contributed by atoms with van der Waals surface area (Å²) in [6.45, 7) is 5.77. The second-order valence-electron chi connectivity index (χ2n) is 7.87. The van der Waals surface area contributed by atoms with E-state index in [-0.39, 0.29) is 17.2 Å². The minimum absolute atomic E-state index is 0.0578. The van der Waals surface area contributed by atoms with E-state index in [9.17, 15) is 4.79 Å². The molecule has 2 aliphatic heterocycles. The molecule has 2 fully saturated rings. The van der Waals surface area contributed by atoms with Crippen LogP contribution < -0.4 is 0 Å². The lowest BCUT2D eigenvalue weighted by Gasteiger charge is -2.49. The van der Waals surface area contributed by atoms with Gasteiger partial charge in [-0.1, -0.05) is 30.3 Å². The van der Waals surface area contributed by atoms with Crippen molar-refractivity contribution in [3.05, 3.63) is 71.8 Å². The predicted octanol–water partition coefficient (Wildman–Crippen LogP) is 2.71. The Labute approximate surface area is 162 Å². The van der Waals surface area contributed by atoms with Gasteiger partial charge in [0.1, 0.15) is 0 Å². The van der Waals surface area contributed by atoms with Crippen LogP contribution in [-0.4, -0.2) is 52.1 Å². The Hall–Kier alpha value is -2.93. The van der Waals surface area contributed by atoms with Gasteiger partial charge in [-0.2, -0.15) is 0 Å². The van der Waals surface area contributed by atoms with E-state index in [1.54, 1.807) is 12.1 Å². The zero-order valence-electron chi connectivity index (χ0n) is 15.7. The van der Waals surface area contributed by atoms with E-state index < -0.39 is 0 Å². The van der Waals surface area contributed by atoms with Crippen LogP contribution in [0.4, 0.5) is 0 Å². The molecule has 2 saturated heterocycles. The molecule has 0 aliphatic carbocycles. The van der Waals surface area contributed by atoms with Crippen LogP contribution in [0.15, 0.2) is 57.6 Å². The molecule has 1 unspecified atom stereocenters. The highest BCUT2D eigenvalue weighted by molar-refractivity contribution is 5.92. The summed E-state index contributed by atoms with van der Waals surface area (Å²) < 4.78 is 11.1. The number of carbonyl (C=O) groups is 1. The van der Waals surface area contributed by atoms with Gasteiger partial charge < -0.3 is 13.7 Å². The van der Waals surface area contributed by atoms with Crippen molar-refractivity contribution in [3.63, 3.8) is 0 Å².